The molecule has 1 saturated carbocycles. The van der Waals surface area contributed by atoms with Crippen LogP contribution in [0.2, 0.25) is 0 Å². The Hall–Kier alpha value is -2.93. The Balaban J connectivity index is 1.53. The van der Waals surface area contributed by atoms with Crippen LogP contribution in [0, 0.1) is 0 Å². The molecular formula is C25H28N4O3. The summed E-state index contributed by atoms with van der Waals surface area (Å²) >= 11 is 0. The highest BCUT2D eigenvalue weighted by atomic mass is 16.5. The predicted octanol–water partition coefficient (Wildman–Crippen LogP) is 4.23. The molecular weight excluding hydrogens is 404 g/mol. The van der Waals surface area contributed by atoms with Gasteiger partial charge in [-0.2, -0.15) is 5.10 Å². The number of carbonyl (C=O) groups excluding carboxylic acids is 1. The maximum atomic E-state index is 12.6. The molecule has 2 aromatic heterocycles. The van der Waals surface area contributed by atoms with Crippen molar-refractivity contribution in [2.75, 3.05) is 31.7 Å². The molecule has 1 aromatic carbocycles. The number of anilines is 1. The van der Waals surface area contributed by atoms with Crippen LogP contribution in [0.5, 0.6) is 0 Å². The molecule has 6 rings (SSSR count). The molecule has 0 amide bonds. The Labute approximate surface area is 187 Å². The number of esters is 1. The molecule has 3 aliphatic rings. The molecule has 0 atom stereocenters. The van der Waals surface area contributed by atoms with Gasteiger partial charge in [0.25, 0.3) is 0 Å². The minimum Gasteiger partial charge on any atom is -0.464 e. The van der Waals surface area contributed by atoms with Crippen LogP contribution in [0.25, 0.3) is 16.7 Å². The lowest BCUT2D eigenvalue weighted by atomic mass is 9.81. The largest absolute Gasteiger partial charge is 0.464 e. The fraction of sp³-hybridized carbons (Fsp3) is 0.480. The smallest absolute Gasteiger partial charge is 0.356 e. The second kappa shape index (κ2) is 7.59. The number of ether oxygens (including phenoxy) is 2. The topological polar surface area (TPSA) is 69.5 Å². The molecule has 4 heterocycles. The van der Waals surface area contributed by atoms with E-state index in [1.807, 2.05) is 41.1 Å². The Morgan fingerprint density at radius 1 is 1.16 bits per heavy atom. The van der Waals surface area contributed by atoms with Crippen molar-refractivity contribution in [2.45, 2.75) is 50.0 Å². The summed E-state index contributed by atoms with van der Waals surface area (Å²) in [6.45, 7) is 2.68. The zero-order valence-electron chi connectivity index (χ0n) is 18.4. The molecule has 0 unspecified atom stereocenters. The number of benzene rings is 1. The third kappa shape index (κ3) is 3.10. The minimum absolute atomic E-state index is 0.0683. The fourth-order valence-corrected chi connectivity index (χ4v) is 5.24. The number of pyridine rings is 1. The molecule has 0 N–H and O–H groups in total. The standard InChI is InChI=1S/C25H28N4O3/c1-31-24(30)19-16-20(28-13-10-25(11-14-28)12-15-32-25)21-22(17-6-5-7-17)27-29(23(21)26-19)18-8-3-2-4-9-18/h2-4,8-9,16-17H,5-7,10-15H2,1H3. The van der Waals surface area contributed by atoms with E-state index in [1.165, 1.54) is 13.5 Å². The highest BCUT2D eigenvalue weighted by Crippen LogP contribution is 2.44. The van der Waals surface area contributed by atoms with Crippen molar-refractivity contribution < 1.29 is 14.3 Å². The second-order valence-corrected chi connectivity index (χ2v) is 9.25. The van der Waals surface area contributed by atoms with E-state index in [4.69, 9.17) is 19.6 Å². The third-order valence-electron chi connectivity index (χ3n) is 7.51. The first-order chi connectivity index (χ1) is 15.7. The summed E-state index contributed by atoms with van der Waals surface area (Å²) in [7, 11) is 1.40. The summed E-state index contributed by atoms with van der Waals surface area (Å²) in [6.07, 6.45) is 6.70. The third-order valence-corrected chi connectivity index (χ3v) is 7.51. The van der Waals surface area contributed by atoms with Gasteiger partial charge in [-0.1, -0.05) is 24.6 Å². The normalized spacial score (nSPS) is 20.2. The van der Waals surface area contributed by atoms with Crippen molar-refractivity contribution in [3.63, 3.8) is 0 Å². The van der Waals surface area contributed by atoms with Gasteiger partial charge in [-0.05, 0) is 50.3 Å². The Morgan fingerprint density at radius 3 is 2.50 bits per heavy atom. The SMILES string of the molecule is COC(=O)c1cc(N2CCC3(CCO3)CC2)c2c(C3CCC3)nn(-c3ccccc3)c2n1. The van der Waals surface area contributed by atoms with Crippen molar-refractivity contribution >= 4 is 22.7 Å². The predicted molar refractivity (Wildman–Crippen MR) is 122 cm³/mol. The van der Waals surface area contributed by atoms with E-state index in [0.717, 1.165) is 79.9 Å². The average molecular weight is 433 g/mol. The van der Waals surface area contributed by atoms with Gasteiger partial charge in [0.2, 0.25) is 0 Å². The van der Waals surface area contributed by atoms with Crippen LogP contribution in [-0.4, -0.2) is 53.1 Å². The van der Waals surface area contributed by atoms with E-state index in [2.05, 4.69) is 4.90 Å². The van der Waals surface area contributed by atoms with Crippen molar-refractivity contribution in [1.82, 2.24) is 14.8 Å². The van der Waals surface area contributed by atoms with Gasteiger partial charge in [0.05, 0.1) is 41.8 Å². The maximum absolute atomic E-state index is 12.6. The van der Waals surface area contributed by atoms with Crippen molar-refractivity contribution in [1.29, 1.82) is 0 Å². The number of piperidine rings is 1. The fourth-order valence-electron chi connectivity index (χ4n) is 5.24. The van der Waals surface area contributed by atoms with Crippen LogP contribution in [0.3, 0.4) is 0 Å². The molecule has 166 valence electrons. The van der Waals surface area contributed by atoms with Crippen LogP contribution in [0.4, 0.5) is 5.69 Å². The lowest BCUT2D eigenvalue weighted by Gasteiger charge is -2.48. The van der Waals surface area contributed by atoms with Gasteiger partial charge in [-0.15, -0.1) is 0 Å². The molecule has 0 bridgehead atoms. The zero-order chi connectivity index (χ0) is 21.7. The molecule has 2 saturated heterocycles. The van der Waals surface area contributed by atoms with E-state index in [-0.39, 0.29) is 5.60 Å². The summed E-state index contributed by atoms with van der Waals surface area (Å²) in [5.41, 5.74) is 4.23. The Kier molecular flexibility index (Phi) is 4.68. The molecule has 1 aliphatic carbocycles. The zero-order valence-corrected chi connectivity index (χ0v) is 18.4. The van der Waals surface area contributed by atoms with E-state index in [1.54, 1.807) is 0 Å². The van der Waals surface area contributed by atoms with E-state index in [0.29, 0.717) is 11.6 Å². The van der Waals surface area contributed by atoms with Gasteiger partial charge in [0, 0.05) is 19.0 Å². The second-order valence-electron chi connectivity index (χ2n) is 9.25. The highest BCUT2D eigenvalue weighted by Gasteiger charge is 2.42. The highest BCUT2D eigenvalue weighted by molar-refractivity contribution is 5.99. The van der Waals surface area contributed by atoms with Gasteiger partial charge in [-0.3, -0.25) is 0 Å². The van der Waals surface area contributed by atoms with Crippen molar-refractivity contribution in [3.8, 4) is 5.69 Å². The number of methoxy groups -OCH3 is 1. The van der Waals surface area contributed by atoms with Gasteiger partial charge >= 0.3 is 5.97 Å². The summed E-state index contributed by atoms with van der Waals surface area (Å²) in [6, 6.07) is 12.0. The van der Waals surface area contributed by atoms with Crippen molar-refractivity contribution in [2.24, 2.45) is 0 Å². The lowest BCUT2D eigenvalue weighted by Crippen LogP contribution is -2.52. The first kappa shape index (κ1) is 19.7. The summed E-state index contributed by atoms with van der Waals surface area (Å²) in [5.74, 6) is 0.0213. The van der Waals surface area contributed by atoms with E-state index >= 15 is 0 Å². The molecule has 3 fully saturated rings. The molecule has 7 nitrogen and oxygen atoms in total. The summed E-state index contributed by atoms with van der Waals surface area (Å²) in [4.78, 5) is 19.7. The number of para-hydroxylation sites is 1. The van der Waals surface area contributed by atoms with E-state index < -0.39 is 5.97 Å². The Morgan fingerprint density at radius 2 is 1.91 bits per heavy atom. The van der Waals surface area contributed by atoms with Crippen LogP contribution in [0.15, 0.2) is 36.4 Å². The minimum atomic E-state index is -0.421. The summed E-state index contributed by atoms with van der Waals surface area (Å²) in [5, 5.41) is 6.15. The molecule has 0 radical (unpaired) electrons. The number of nitrogens with zero attached hydrogens (tertiary/aromatic N) is 4. The number of hydrogen-bond donors (Lipinski definition) is 0. The van der Waals surface area contributed by atoms with Gasteiger partial charge in [-0.25, -0.2) is 14.5 Å². The number of carbonyl (C=O) groups is 1. The quantitative estimate of drug-likeness (QED) is 0.575. The van der Waals surface area contributed by atoms with E-state index in [9.17, 15) is 4.79 Å². The monoisotopic (exact) mass is 432 g/mol. The van der Waals surface area contributed by atoms with Gasteiger partial charge in [0.15, 0.2) is 11.3 Å². The van der Waals surface area contributed by atoms with Crippen LogP contribution >= 0.6 is 0 Å². The molecule has 1 spiro atoms. The number of fused-ring (bicyclic) bond motifs is 1. The maximum Gasteiger partial charge on any atom is 0.356 e. The molecule has 3 aromatic rings. The Bertz CT molecular complexity index is 1150. The lowest BCUT2D eigenvalue weighted by molar-refractivity contribution is -0.158. The average Bonchev–Trinajstić information content (AvgIpc) is 3.15. The van der Waals surface area contributed by atoms with Crippen LogP contribution in [0.1, 0.15) is 60.6 Å². The van der Waals surface area contributed by atoms with Gasteiger partial charge in [0.1, 0.15) is 0 Å². The molecule has 32 heavy (non-hydrogen) atoms. The molecule has 2 aliphatic heterocycles. The van der Waals surface area contributed by atoms with Crippen LogP contribution < -0.4 is 4.90 Å². The number of rotatable bonds is 4. The number of hydrogen-bond acceptors (Lipinski definition) is 6. The number of aromatic nitrogens is 3. The van der Waals surface area contributed by atoms with Crippen LogP contribution in [-0.2, 0) is 9.47 Å². The first-order valence-corrected chi connectivity index (χ1v) is 11.6. The van der Waals surface area contributed by atoms with Crippen molar-refractivity contribution in [3.05, 3.63) is 47.8 Å². The first-order valence-electron chi connectivity index (χ1n) is 11.6. The summed E-state index contributed by atoms with van der Waals surface area (Å²) < 4.78 is 12.9. The van der Waals surface area contributed by atoms with Gasteiger partial charge < -0.3 is 14.4 Å². The molecule has 7 heteroatoms.